The molecule has 0 bridgehead atoms. The maximum atomic E-state index is 12.0. The third-order valence-electron chi connectivity index (χ3n) is 3.19. The smallest absolute Gasteiger partial charge is 0.360 e. The maximum Gasteiger partial charge on any atom is 0.360 e. The molecule has 0 radical (unpaired) electrons. The number of hydrogen-bond donors (Lipinski definition) is 1. The Morgan fingerprint density at radius 2 is 2.05 bits per heavy atom. The molecule has 0 saturated carbocycles. The predicted octanol–water partition coefficient (Wildman–Crippen LogP) is -4.72. The van der Waals surface area contributed by atoms with Crippen molar-refractivity contribution in [3.05, 3.63) is 0 Å². The van der Waals surface area contributed by atoms with E-state index in [2.05, 4.69) is 4.99 Å². The van der Waals surface area contributed by atoms with Crippen LogP contribution in [0.4, 0.5) is 0 Å². The van der Waals surface area contributed by atoms with Crippen LogP contribution in [-0.4, -0.2) is 65.5 Å². The van der Waals surface area contributed by atoms with Gasteiger partial charge in [0.25, 0.3) is 0 Å². The van der Waals surface area contributed by atoms with Gasteiger partial charge in [-0.2, -0.15) is 0 Å². The summed E-state index contributed by atoms with van der Waals surface area (Å²) in [5.74, 6) is -5.77. The van der Waals surface area contributed by atoms with Crippen molar-refractivity contribution in [2.24, 2.45) is 16.6 Å². The van der Waals surface area contributed by atoms with E-state index >= 15 is 0 Å². The minimum atomic E-state index is -1.61. The standard InChI is InChI=1S/C12H16N4O6/c1-15-9(19)6(10(20)16(2)12(15)13)5-14-7(11(21)22)3-4-8(17)18/h5-7,13H,3-4H2,1-2H3,(H2,17,18,21,22)/p-1/t7-/m0/s1. The van der Waals surface area contributed by atoms with Gasteiger partial charge in [-0.3, -0.25) is 20.3 Å². The van der Waals surface area contributed by atoms with Crippen molar-refractivity contribution in [2.75, 3.05) is 14.1 Å². The predicted molar refractivity (Wildman–Crippen MR) is 68.2 cm³/mol. The van der Waals surface area contributed by atoms with Crippen molar-refractivity contribution < 1.29 is 34.0 Å². The lowest BCUT2D eigenvalue weighted by Gasteiger charge is -2.22. The molecule has 2 amide bonds. The molecular weight excluding hydrogens is 296 g/mol. The summed E-state index contributed by atoms with van der Waals surface area (Å²) in [7, 11) is 2.71. The van der Waals surface area contributed by atoms with E-state index in [1.54, 1.807) is 0 Å². The third kappa shape index (κ3) is 3.65. The van der Waals surface area contributed by atoms with Crippen LogP contribution in [0, 0.1) is 5.92 Å². The molecule has 10 heteroatoms. The molecule has 0 aromatic carbocycles. The quantitative estimate of drug-likeness (QED) is 0.293. The average molecular weight is 311 g/mol. The van der Waals surface area contributed by atoms with E-state index in [1.165, 1.54) is 14.1 Å². The summed E-state index contributed by atoms with van der Waals surface area (Å²) in [6.07, 6.45) is -0.0286. The Hall–Kier alpha value is -2.78. The normalized spacial score (nSPS) is 20.6. The Morgan fingerprint density at radius 3 is 2.55 bits per heavy atom. The topological polar surface area (TPSA) is 159 Å². The zero-order valence-corrected chi connectivity index (χ0v) is 12.0. The lowest BCUT2D eigenvalue weighted by Crippen LogP contribution is -2.56. The number of carboxylic acid groups (broad SMARTS) is 2. The van der Waals surface area contributed by atoms with Crippen molar-refractivity contribution in [1.29, 1.82) is 0 Å². The molecule has 1 aliphatic heterocycles. The first-order valence-corrected chi connectivity index (χ1v) is 6.28. The van der Waals surface area contributed by atoms with E-state index < -0.39 is 42.1 Å². The number of hydrogen-bond acceptors (Lipinski definition) is 8. The Balaban J connectivity index is 2.95. The molecule has 0 aliphatic carbocycles. The summed E-state index contributed by atoms with van der Waals surface area (Å²) in [4.78, 5) is 49.8. The summed E-state index contributed by atoms with van der Waals surface area (Å²) in [6, 6.07) is -1.49. The molecule has 10 nitrogen and oxygen atoms in total. The summed E-state index contributed by atoms with van der Waals surface area (Å²) in [5.41, 5.74) is 5.56. The van der Waals surface area contributed by atoms with Crippen molar-refractivity contribution in [1.82, 2.24) is 4.90 Å². The van der Waals surface area contributed by atoms with Gasteiger partial charge in [-0.15, -0.1) is 0 Å². The van der Waals surface area contributed by atoms with Gasteiger partial charge in [-0.25, -0.2) is 9.48 Å². The second kappa shape index (κ2) is 6.78. The molecule has 0 saturated heterocycles. The van der Waals surface area contributed by atoms with Crippen LogP contribution in [0.5, 0.6) is 0 Å². The number of carbonyl (C=O) groups is 4. The highest BCUT2D eigenvalue weighted by molar-refractivity contribution is 6.17. The summed E-state index contributed by atoms with van der Waals surface area (Å²) >= 11 is 0. The highest BCUT2D eigenvalue weighted by Gasteiger charge is 2.41. The second-order valence-electron chi connectivity index (χ2n) is 4.67. The molecule has 0 aromatic heterocycles. The average Bonchev–Trinajstić information content (AvgIpc) is 2.45. The molecule has 1 heterocycles. The van der Waals surface area contributed by atoms with Crippen LogP contribution in [0.15, 0.2) is 4.99 Å². The highest BCUT2D eigenvalue weighted by atomic mass is 16.4. The van der Waals surface area contributed by atoms with Crippen LogP contribution in [-0.2, 0) is 19.2 Å². The van der Waals surface area contributed by atoms with E-state index in [4.69, 9.17) is 5.73 Å². The number of carboxylic acids is 2. The minimum Gasteiger partial charge on any atom is -0.550 e. The fourth-order valence-corrected chi connectivity index (χ4v) is 1.80. The van der Waals surface area contributed by atoms with Crippen molar-refractivity contribution in [3.8, 4) is 0 Å². The number of carbonyl (C=O) groups excluding carboxylic acids is 4. The van der Waals surface area contributed by atoms with Gasteiger partial charge in [-0.05, 0) is 12.8 Å². The first-order valence-electron chi connectivity index (χ1n) is 6.28. The van der Waals surface area contributed by atoms with Gasteiger partial charge in [0.05, 0.1) is 26.1 Å². The van der Waals surface area contributed by atoms with E-state index in [0.717, 1.165) is 15.7 Å². The van der Waals surface area contributed by atoms with Crippen LogP contribution in [0.2, 0.25) is 0 Å². The number of rotatable bonds is 6. The Kier molecular flexibility index (Phi) is 5.33. The Morgan fingerprint density at radius 1 is 1.45 bits per heavy atom. The largest absolute Gasteiger partial charge is 0.550 e. The number of nitrogens with two attached hydrogens (primary N) is 1. The first kappa shape index (κ1) is 17.3. The minimum absolute atomic E-state index is 0.0620. The maximum absolute atomic E-state index is 12.0. The van der Waals surface area contributed by atoms with Gasteiger partial charge < -0.3 is 19.8 Å². The Labute approximate surface area is 125 Å². The molecule has 120 valence electrons. The van der Waals surface area contributed by atoms with Gasteiger partial charge in [0.2, 0.25) is 0 Å². The highest BCUT2D eigenvalue weighted by Crippen LogP contribution is 2.09. The monoisotopic (exact) mass is 311 g/mol. The number of nitrogens with zero attached hydrogens (tertiary/aromatic N) is 3. The number of aliphatic imine (C=N–C) groups is 1. The van der Waals surface area contributed by atoms with Gasteiger partial charge in [0, 0.05) is 12.2 Å². The summed E-state index contributed by atoms with van der Waals surface area (Å²) < 4.78 is 1.03. The van der Waals surface area contributed by atoms with Crippen molar-refractivity contribution in [3.63, 3.8) is 0 Å². The third-order valence-corrected chi connectivity index (χ3v) is 3.19. The molecule has 1 rings (SSSR count). The SMILES string of the molecule is CN1C(=O)C(C=N[C@@H](CCC(=O)[O-])C(=O)[O-])C(=O)[N+](C)=C1N. The lowest BCUT2D eigenvalue weighted by atomic mass is 10.1. The lowest BCUT2D eigenvalue weighted by molar-refractivity contribution is -0.429. The number of guanidine groups is 1. The van der Waals surface area contributed by atoms with Gasteiger partial charge >= 0.3 is 17.8 Å². The second-order valence-corrected chi connectivity index (χ2v) is 4.67. The number of amides is 2. The molecule has 0 spiro atoms. The van der Waals surface area contributed by atoms with E-state index in [1.807, 2.05) is 0 Å². The van der Waals surface area contributed by atoms with Crippen LogP contribution < -0.4 is 15.9 Å². The molecule has 1 aliphatic rings. The fraction of sp³-hybridized carbons (Fsp3) is 0.500. The summed E-state index contributed by atoms with van der Waals surface area (Å²) in [5, 5.41) is 21.2. The van der Waals surface area contributed by atoms with Crippen LogP contribution in [0.25, 0.3) is 0 Å². The molecule has 1 unspecified atom stereocenters. The molecule has 22 heavy (non-hydrogen) atoms. The molecular formula is C12H15N4O6-. The molecule has 2 atom stereocenters. The van der Waals surface area contributed by atoms with Crippen LogP contribution in [0.3, 0.4) is 0 Å². The molecule has 0 aromatic rings. The molecule has 2 N–H and O–H groups in total. The number of aliphatic carboxylic acids is 2. The van der Waals surface area contributed by atoms with E-state index in [9.17, 15) is 29.4 Å². The first-order chi connectivity index (χ1) is 10.2. The van der Waals surface area contributed by atoms with E-state index in [-0.39, 0.29) is 12.4 Å². The van der Waals surface area contributed by atoms with Gasteiger partial charge in [0.15, 0.2) is 5.92 Å². The van der Waals surface area contributed by atoms with Crippen molar-refractivity contribution in [2.45, 2.75) is 18.9 Å². The zero-order chi connectivity index (χ0) is 17.0. The van der Waals surface area contributed by atoms with Gasteiger partial charge in [-0.1, -0.05) is 0 Å². The van der Waals surface area contributed by atoms with E-state index in [0.29, 0.717) is 0 Å². The molecule has 0 fully saturated rings. The van der Waals surface area contributed by atoms with Crippen LogP contribution >= 0.6 is 0 Å². The van der Waals surface area contributed by atoms with Crippen LogP contribution in [0.1, 0.15) is 12.8 Å². The van der Waals surface area contributed by atoms with Crippen molar-refractivity contribution >= 4 is 35.9 Å². The Bertz CT molecular complexity index is 582. The zero-order valence-electron chi connectivity index (χ0n) is 12.0. The van der Waals surface area contributed by atoms with Gasteiger partial charge in [0.1, 0.15) is 0 Å². The fourth-order valence-electron chi connectivity index (χ4n) is 1.80. The summed E-state index contributed by atoms with van der Waals surface area (Å²) in [6.45, 7) is 0.